The Hall–Kier alpha value is -2.66. The number of carbonyl (C=O) groups is 2. The summed E-state index contributed by atoms with van der Waals surface area (Å²) in [7, 11) is 0. The van der Waals surface area contributed by atoms with Crippen LogP contribution in [0.3, 0.4) is 0 Å². The van der Waals surface area contributed by atoms with Gasteiger partial charge in [-0.2, -0.15) is 5.26 Å². The number of pyridine rings is 1. The molecule has 0 aromatic carbocycles. The predicted octanol–water partition coefficient (Wildman–Crippen LogP) is 0.239. The van der Waals surface area contributed by atoms with Crippen LogP contribution in [-0.2, 0) is 4.79 Å². The van der Waals surface area contributed by atoms with Crippen LogP contribution < -0.4 is 10.6 Å². The van der Waals surface area contributed by atoms with Crippen LogP contribution in [0.5, 0.6) is 0 Å². The Morgan fingerprint density at radius 3 is 3.00 bits per heavy atom. The molecule has 1 atom stereocenters. The molecule has 0 radical (unpaired) electrons. The van der Waals surface area contributed by atoms with E-state index in [0.717, 1.165) is 31.9 Å². The number of nitriles is 1. The number of likely N-dealkylation sites (tertiary alicyclic amines) is 1. The van der Waals surface area contributed by atoms with Gasteiger partial charge >= 0.3 is 6.03 Å². The summed E-state index contributed by atoms with van der Waals surface area (Å²) in [6.07, 6.45) is 2.55. The summed E-state index contributed by atoms with van der Waals surface area (Å²) < 4.78 is 0. The smallest absolute Gasteiger partial charge is 0.324 e. The third-order valence-electron chi connectivity index (χ3n) is 4.35. The molecule has 24 heavy (non-hydrogen) atoms. The minimum Gasteiger partial charge on any atom is -0.370 e. The van der Waals surface area contributed by atoms with Gasteiger partial charge in [0.05, 0.1) is 12.1 Å². The molecule has 0 aliphatic carbocycles. The molecule has 8 heteroatoms. The van der Waals surface area contributed by atoms with Gasteiger partial charge in [0.15, 0.2) is 0 Å². The molecule has 126 valence electrons. The molecule has 3 rings (SSSR count). The van der Waals surface area contributed by atoms with Gasteiger partial charge in [-0.15, -0.1) is 0 Å². The number of amides is 3. The van der Waals surface area contributed by atoms with Gasteiger partial charge in [-0.25, -0.2) is 9.78 Å². The zero-order valence-electron chi connectivity index (χ0n) is 13.4. The number of nitrogens with zero attached hydrogens (tertiary/aromatic N) is 4. The lowest BCUT2D eigenvalue weighted by Crippen LogP contribution is -2.41. The highest BCUT2D eigenvalue weighted by molar-refractivity contribution is 5.96. The molecule has 1 aromatic heterocycles. The van der Waals surface area contributed by atoms with Crippen molar-refractivity contribution in [2.24, 2.45) is 5.92 Å². The molecule has 2 aliphatic heterocycles. The molecular weight excluding hydrogens is 308 g/mol. The number of aromatic nitrogens is 1. The minimum atomic E-state index is -0.288. The first kappa shape index (κ1) is 16.2. The van der Waals surface area contributed by atoms with Crippen LogP contribution in [0.15, 0.2) is 18.3 Å². The fraction of sp³-hybridized carbons (Fsp3) is 0.500. The monoisotopic (exact) mass is 328 g/mol. The molecule has 2 fully saturated rings. The summed E-state index contributed by atoms with van der Waals surface area (Å²) in [5.74, 6) is 1.05. The van der Waals surface area contributed by atoms with E-state index >= 15 is 0 Å². The van der Waals surface area contributed by atoms with E-state index < -0.39 is 0 Å². The molecule has 0 saturated carbocycles. The van der Waals surface area contributed by atoms with Crippen molar-refractivity contribution in [3.05, 3.63) is 23.9 Å². The Morgan fingerprint density at radius 2 is 2.33 bits per heavy atom. The number of imide groups is 1. The quantitative estimate of drug-likeness (QED) is 0.803. The molecule has 2 N–H and O–H groups in total. The fourth-order valence-corrected chi connectivity index (χ4v) is 3.02. The van der Waals surface area contributed by atoms with Crippen molar-refractivity contribution in [1.29, 1.82) is 5.26 Å². The summed E-state index contributed by atoms with van der Waals surface area (Å²) in [5.41, 5.74) is 0.539. The number of hydrogen-bond donors (Lipinski definition) is 2. The molecule has 2 saturated heterocycles. The van der Waals surface area contributed by atoms with Crippen molar-refractivity contribution in [2.45, 2.75) is 6.42 Å². The zero-order chi connectivity index (χ0) is 16.9. The first-order valence-electron chi connectivity index (χ1n) is 8.06. The van der Waals surface area contributed by atoms with Gasteiger partial charge in [0.2, 0.25) is 5.91 Å². The van der Waals surface area contributed by atoms with Gasteiger partial charge in [0.1, 0.15) is 11.9 Å². The van der Waals surface area contributed by atoms with Crippen molar-refractivity contribution in [2.75, 3.05) is 44.6 Å². The number of nitrogens with one attached hydrogen (secondary N) is 2. The first-order chi connectivity index (χ1) is 11.7. The SMILES string of the molecule is N#Cc1ccc(NCC2CCN(CC(=O)N3CCNC3=O)C2)nc1. The highest BCUT2D eigenvalue weighted by Gasteiger charge is 2.30. The van der Waals surface area contributed by atoms with Gasteiger partial charge < -0.3 is 10.6 Å². The van der Waals surface area contributed by atoms with E-state index in [2.05, 4.69) is 20.5 Å². The minimum absolute atomic E-state index is 0.132. The number of carbonyl (C=O) groups excluding carboxylic acids is 2. The Bertz CT molecular complexity index is 654. The lowest BCUT2D eigenvalue weighted by Gasteiger charge is -2.19. The second-order valence-electron chi connectivity index (χ2n) is 6.09. The molecule has 3 heterocycles. The van der Waals surface area contributed by atoms with E-state index in [1.54, 1.807) is 18.3 Å². The average Bonchev–Trinajstić information content (AvgIpc) is 3.22. The van der Waals surface area contributed by atoms with Crippen LogP contribution in [0.1, 0.15) is 12.0 Å². The van der Waals surface area contributed by atoms with Crippen molar-refractivity contribution in [3.63, 3.8) is 0 Å². The fourth-order valence-electron chi connectivity index (χ4n) is 3.02. The lowest BCUT2D eigenvalue weighted by atomic mass is 10.1. The van der Waals surface area contributed by atoms with E-state index in [1.165, 1.54) is 4.90 Å². The Balaban J connectivity index is 1.42. The number of rotatable bonds is 5. The largest absolute Gasteiger partial charge is 0.370 e. The standard InChI is InChI=1S/C16H20N6O2/c17-7-12-1-2-14(19-8-12)20-9-13-3-5-21(10-13)11-15(23)22-6-4-18-16(22)24/h1-2,8,13H,3-6,9-11H2,(H,18,24)(H,19,20). The van der Waals surface area contributed by atoms with Crippen LogP contribution in [-0.4, -0.2) is 66.0 Å². The van der Waals surface area contributed by atoms with Crippen LogP contribution >= 0.6 is 0 Å². The van der Waals surface area contributed by atoms with E-state index in [-0.39, 0.29) is 11.9 Å². The van der Waals surface area contributed by atoms with Crippen LogP contribution in [0.2, 0.25) is 0 Å². The van der Waals surface area contributed by atoms with Crippen LogP contribution in [0, 0.1) is 17.2 Å². The van der Waals surface area contributed by atoms with Crippen LogP contribution in [0.4, 0.5) is 10.6 Å². The average molecular weight is 328 g/mol. The van der Waals surface area contributed by atoms with Gasteiger partial charge in [-0.1, -0.05) is 0 Å². The summed E-state index contributed by atoms with van der Waals surface area (Å²) in [5, 5.41) is 14.7. The van der Waals surface area contributed by atoms with Crippen molar-refractivity contribution in [1.82, 2.24) is 20.1 Å². The first-order valence-corrected chi connectivity index (χ1v) is 8.06. The summed E-state index contributed by atoms with van der Waals surface area (Å²) in [6, 6.07) is 5.28. The maximum Gasteiger partial charge on any atom is 0.324 e. The van der Waals surface area contributed by atoms with Crippen molar-refractivity contribution >= 4 is 17.8 Å². The van der Waals surface area contributed by atoms with E-state index in [4.69, 9.17) is 5.26 Å². The summed E-state index contributed by atoms with van der Waals surface area (Å²) >= 11 is 0. The van der Waals surface area contributed by atoms with E-state index in [0.29, 0.717) is 31.1 Å². The zero-order valence-corrected chi connectivity index (χ0v) is 13.4. The number of hydrogen-bond acceptors (Lipinski definition) is 6. The molecular formula is C16H20N6O2. The van der Waals surface area contributed by atoms with E-state index in [9.17, 15) is 9.59 Å². The summed E-state index contributed by atoms with van der Waals surface area (Å²) in [4.78, 5) is 31.2. The highest BCUT2D eigenvalue weighted by atomic mass is 16.2. The molecule has 1 unspecified atom stereocenters. The number of urea groups is 1. The van der Waals surface area contributed by atoms with Crippen molar-refractivity contribution < 1.29 is 9.59 Å². The molecule has 3 amide bonds. The molecule has 0 spiro atoms. The second-order valence-corrected chi connectivity index (χ2v) is 6.09. The normalized spacial score (nSPS) is 20.7. The van der Waals surface area contributed by atoms with Gasteiger partial charge in [-0.3, -0.25) is 14.6 Å². The Labute approximate surface area is 140 Å². The Morgan fingerprint density at radius 1 is 1.46 bits per heavy atom. The second kappa shape index (κ2) is 7.27. The lowest BCUT2D eigenvalue weighted by molar-refractivity contribution is -0.128. The highest BCUT2D eigenvalue weighted by Crippen LogP contribution is 2.17. The molecule has 0 bridgehead atoms. The Kier molecular flexibility index (Phi) is 4.91. The van der Waals surface area contributed by atoms with Gasteiger partial charge in [0.25, 0.3) is 0 Å². The van der Waals surface area contributed by atoms with Crippen LogP contribution in [0.25, 0.3) is 0 Å². The number of anilines is 1. The summed E-state index contributed by atoms with van der Waals surface area (Å²) in [6.45, 7) is 3.74. The van der Waals surface area contributed by atoms with E-state index in [1.807, 2.05) is 6.07 Å². The maximum absolute atomic E-state index is 12.1. The van der Waals surface area contributed by atoms with Crippen molar-refractivity contribution in [3.8, 4) is 6.07 Å². The predicted molar refractivity (Wildman–Crippen MR) is 87.1 cm³/mol. The van der Waals surface area contributed by atoms with Gasteiger partial charge in [-0.05, 0) is 31.0 Å². The third-order valence-corrected chi connectivity index (χ3v) is 4.35. The molecule has 1 aromatic rings. The molecule has 2 aliphatic rings. The third kappa shape index (κ3) is 3.81. The van der Waals surface area contributed by atoms with Gasteiger partial charge in [0, 0.05) is 32.4 Å². The topological polar surface area (TPSA) is 101 Å². The maximum atomic E-state index is 12.1. The molecule has 8 nitrogen and oxygen atoms in total.